The molecule has 2 heterocycles. The number of nitrogens with zero attached hydrogens (tertiary/aromatic N) is 2. The fourth-order valence-electron chi connectivity index (χ4n) is 3.90. The fourth-order valence-corrected chi connectivity index (χ4v) is 7.81. The van der Waals surface area contributed by atoms with Crippen LogP contribution in [-0.2, 0) is 9.84 Å². The number of para-hydroxylation sites is 1. The van der Waals surface area contributed by atoms with Crippen LogP contribution >= 0.6 is 11.8 Å². The first-order chi connectivity index (χ1) is 15.5. The van der Waals surface area contributed by atoms with Crippen LogP contribution in [0, 0.1) is 0 Å². The molecule has 3 aromatic carbocycles. The largest absolute Gasteiger partial charge is 0.457 e. The Hall–Kier alpha value is -3.10. The van der Waals surface area contributed by atoms with Gasteiger partial charge in [0.2, 0.25) is 0 Å². The molecule has 0 unspecified atom stereocenters. The van der Waals surface area contributed by atoms with E-state index in [4.69, 9.17) is 4.74 Å². The van der Waals surface area contributed by atoms with E-state index < -0.39 is 9.84 Å². The Morgan fingerprint density at radius 1 is 0.875 bits per heavy atom. The molecule has 2 aliphatic heterocycles. The number of hydrogen-bond donors (Lipinski definition) is 0. The summed E-state index contributed by atoms with van der Waals surface area (Å²) in [5.74, 6) is 1.19. The van der Waals surface area contributed by atoms with Crippen molar-refractivity contribution < 1.29 is 17.9 Å². The molecule has 5 rings (SSSR count). The van der Waals surface area contributed by atoms with E-state index in [0.717, 1.165) is 11.4 Å². The summed E-state index contributed by atoms with van der Waals surface area (Å²) in [4.78, 5) is 19.0. The zero-order chi connectivity index (χ0) is 22.1. The maximum Gasteiger partial charge on any atom is 0.279 e. The van der Waals surface area contributed by atoms with Crippen LogP contribution in [0.3, 0.4) is 0 Å². The van der Waals surface area contributed by atoms with E-state index in [0.29, 0.717) is 16.5 Å². The second kappa shape index (κ2) is 8.44. The van der Waals surface area contributed by atoms with Crippen LogP contribution in [0.5, 0.6) is 11.5 Å². The molecule has 3 aromatic rings. The maximum absolute atomic E-state index is 12.7. The van der Waals surface area contributed by atoms with E-state index in [2.05, 4.69) is 4.99 Å². The summed E-state index contributed by atoms with van der Waals surface area (Å²) >= 11 is 1.36. The van der Waals surface area contributed by atoms with Gasteiger partial charge in [0.05, 0.1) is 17.5 Å². The molecule has 2 fully saturated rings. The van der Waals surface area contributed by atoms with Gasteiger partial charge in [0.1, 0.15) is 11.5 Å². The molecule has 1 amide bonds. The van der Waals surface area contributed by atoms with Gasteiger partial charge in [0, 0.05) is 16.5 Å². The lowest BCUT2D eigenvalue weighted by Gasteiger charge is -2.24. The van der Waals surface area contributed by atoms with Gasteiger partial charge in [-0.25, -0.2) is 8.42 Å². The lowest BCUT2D eigenvalue weighted by Crippen LogP contribution is -2.37. The van der Waals surface area contributed by atoms with Crippen molar-refractivity contribution in [1.82, 2.24) is 0 Å². The van der Waals surface area contributed by atoms with Crippen molar-refractivity contribution in [2.45, 2.75) is 11.3 Å². The van der Waals surface area contributed by atoms with Crippen molar-refractivity contribution in [2.24, 2.45) is 4.99 Å². The summed E-state index contributed by atoms with van der Waals surface area (Å²) in [5.41, 5.74) is 1.28. The van der Waals surface area contributed by atoms with Crippen molar-refractivity contribution in [2.75, 3.05) is 16.4 Å². The van der Waals surface area contributed by atoms with Gasteiger partial charge in [-0.05, 0) is 48.5 Å². The van der Waals surface area contributed by atoms with E-state index >= 15 is 0 Å². The molecule has 2 saturated heterocycles. The van der Waals surface area contributed by atoms with Gasteiger partial charge in [0.15, 0.2) is 15.0 Å². The molecule has 0 bridgehead atoms. The normalized spacial score (nSPS) is 22.6. The SMILES string of the molecule is O=C(N=C1S[C@H]2CS(=O)(=O)C[C@@H]2N1c1ccc(Oc2ccccc2)cc1)c1ccccc1. The third kappa shape index (κ3) is 4.28. The molecule has 0 N–H and O–H groups in total. The predicted molar refractivity (Wildman–Crippen MR) is 127 cm³/mol. The molecule has 2 atom stereocenters. The van der Waals surface area contributed by atoms with Gasteiger partial charge in [-0.15, -0.1) is 0 Å². The van der Waals surface area contributed by atoms with E-state index in [9.17, 15) is 13.2 Å². The van der Waals surface area contributed by atoms with E-state index in [1.807, 2.05) is 65.6 Å². The topological polar surface area (TPSA) is 76.0 Å². The second-order valence-corrected chi connectivity index (χ2v) is 11.0. The lowest BCUT2D eigenvalue weighted by atomic mass is 10.2. The Labute approximate surface area is 190 Å². The summed E-state index contributed by atoms with van der Waals surface area (Å²) < 4.78 is 30.4. The Kier molecular flexibility index (Phi) is 5.48. The molecule has 0 saturated carbocycles. The average molecular weight is 465 g/mol. The molecule has 2 aliphatic rings. The third-order valence-corrected chi connectivity index (χ3v) is 8.59. The summed E-state index contributed by atoms with van der Waals surface area (Å²) in [6.45, 7) is 0. The fraction of sp³-hybridized carbons (Fsp3) is 0.167. The van der Waals surface area contributed by atoms with Gasteiger partial charge in [-0.1, -0.05) is 48.2 Å². The lowest BCUT2D eigenvalue weighted by molar-refractivity contribution is 0.100. The second-order valence-electron chi connectivity index (χ2n) is 7.65. The Morgan fingerprint density at radius 3 is 2.19 bits per heavy atom. The van der Waals surface area contributed by atoms with Crippen LogP contribution in [0.2, 0.25) is 0 Å². The average Bonchev–Trinajstić information content (AvgIpc) is 3.26. The molecule has 8 heteroatoms. The summed E-state index contributed by atoms with van der Waals surface area (Å²) in [6, 6.07) is 25.5. The molecular weight excluding hydrogens is 444 g/mol. The van der Waals surface area contributed by atoms with Crippen molar-refractivity contribution >= 4 is 38.4 Å². The minimum Gasteiger partial charge on any atom is -0.457 e. The highest BCUT2D eigenvalue weighted by atomic mass is 32.2. The highest BCUT2D eigenvalue weighted by Crippen LogP contribution is 2.41. The molecule has 6 nitrogen and oxygen atoms in total. The van der Waals surface area contributed by atoms with Crippen LogP contribution in [0.1, 0.15) is 10.4 Å². The molecular formula is C24H20N2O4S2. The zero-order valence-corrected chi connectivity index (χ0v) is 18.6. The van der Waals surface area contributed by atoms with Crippen LogP contribution in [0.15, 0.2) is 89.9 Å². The summed E-state index contributed by atoms with van der Waals surface area (Å²) in [6.07, 6.45) is 0. The van der Waals surface area contributed by atoms with Crippen molar-refractivity contribution in [3.63, 3.8) is 0 Å². The van der Waals surface area contributed by atoms with Crippen LogP contribution in [0.4, 0.5) is 5.69 Å². The number of fused-ring (bicyclic) bond motifs is 1. The minimum atomic E-state index is -3.13. The number of carbonyl (C=O) groups excluding carboxylic acids is 1. The highest BCUT2D eigenvalue weighted by Gasteiger charge is 2.49. The Balaban J connectivity index is 1.45. The minimum absolute atomic E-state index is 0.0471. The molecule has 0 radical (unpaired) electrons. The Bertz CT molecular complexity index is 1260. The third-order valence-electron chi connectivity index (χ3n) is 5.38. The first-order valence-corrected chi connectivity index (χ1v) is 12.9. The molecule has 0 aliphatic carbocycles. The number of carbonyl (C=O) groups is 1. The number of amidine groups is 1. The molecule has 0 spiro atoms. The first-order valence-electron chi connectivity index (χ1n) is 10.2. The van der Waals surface area contributed by atoms with Gasteiger partial charge in [0.25, 0.3) is 5.91 Å². The Morgan fingerprint density at radius 2 is 1.50 bits per heavy atom. The first kappa shape index (κ1) is 20.8. The van der Waals surface area contributed by atoms with Crippen molar-refractivity contribution in [1.29, 1.82) is 0 Å². The predicted octanol–water partition coefficient (Wildman–Crippen LogP) is 4.39. The van der Waals surface area contributed by atoms with Crippen LogP contribution in [-0.4, -0.2) is 42.3 Å². The maximum atomic E-state index is 12.7. The standard InChI is InChI=1S/C24H20N2O4S2/c27-23(17-7-3-1-4-8-17)25-24-26(21-15-32(28,29)16-22(21)31-24)18-11-13-20(14-12-18)30-19-9-5-2-6-10-19/h1-14,21-22H,15-16H2/t21-,22-/m0/s1. The summed E-state index contributed by atoms with van der Waals surface area (Å²) in [7, 11) is -3.13. The van der Waals surface area contributed by atoms with E-state index in [-0.39, 0.29) is 28.7 Å². The number of sulfone groups is 1. The number of rotatable bonds is 4. The number of hydrogen-bond acceptors (Lipinski definition) is 5. The molecule has 0 aromatic heterocycles. The highest BCUT2D eigenvalue weighted by molar-refractivity contribution is 8.16. The quantitative estimate of drug-likeness (QED) is 0.570. The number of thioether (sulfide) groups is 1. The smallest absolute Gasteiger partial charge is 0.279 e. The van der Waals surface area contributed by atoms with Gasteiger partial charge in [-0.3, -0.25) is 4.79 Å². The number of anilines is 1. The van der Waals surface area contributed by atoms with Gasteiger partial charge >= 0.3 is 0 Å². The van der Waals surface area contributed by atoms with Crippen molar-refractivity contribution in [3.8, 4) is 11.5 Å². The summed E-state index contributed by atoms with van der Waals surface area (Å²) in [5, 5.41) is 0.378. The van der Waals surface area contributed by atoms with E-state index in [1.54, 1.807) is 24.3 Å². The molecule has 32 heavy (non-hydrogen) atoms. The number of benzene rings is 3. The molecule has 162 valence electrons. The van der Waals surface area contributed by atoms with Gasteiger partial charge in [-0.2, -0.15) is 4.99 Å². The number of aliphatic imine (C=N–C) groups is 1. The number of amides is 1. The van der Waals surface area contributed by atoms with Crippen molar-refractivity contribution in [3.05, 3.63) is 90.5 Å². The van der Waals surface area contributed by atoms with Crippen LogP contribution < -0.4 is 9.64 Å². The zero-order valence-electron chi connectivity index (χ0n) is 17.0. The number of ether oxygens (including phenoxy) is 1. The van der Waals surface area contributed by atoms with Gasteiger partial charge < -0.3 is 9.64 Å². The van der Waals surface area contributed by atoms with E-state index in [1.165, 1.54) is 11.8 Å². The monoisotopic (exact) mass is 464 g/mol. The van der Waals surface area contributed by atoms with Crippen LogP contribution in [0.25, 0.3) is 0 Å².